The fourth-order valence-corrected chi connectivity index (χ4v) is 0.880. The van der Waals surface area contributed by atoms with Crippen LogP contribution < -0.4 is 4.74 Å². The Hall–Kier alpha value is -1.46. The van der Waals surface area contributed by atoms with Crippen molar-refractivity contribution in [2.45, 2.75) is 6.92 Å². The molecule has 62 valence electrons. The number of ether oxygens (including phenoxy) is 1. The topological polar surface area (TPSA) is 9.23 Å². The number of hydrogen-bond donors (Lipinski definition) is 0. The van der Waals surface area contributed by atoms with Gasteiger partial charge in [0.25, 0.3) is 0 Å². The van der Waals surface area contributed by atoms with Crippen molar-refractivity contribution in [3.05, 3.63) is 41.6 Å². The Morgan fingerprint density at radius 3 is 2.42 bits per heavy atom. The van der Waals surface area contributed by atoms with E-state index in [1.165, 1.54) is 0 Å². The first kappa shape index (κ1) is 8.63. The van der Waals surface area contributed by atoms with Gasteiger partial charge in [-0.05, 0) is 36.8 Å². The Balaban J connectivity index is 2.85. The van der Waals surface area contributed by atoms with Gasteiger partial charge in [0.05, 0.1) is 7.11 Å². The highest BCUT2D eigenvalue weighted by Crippen LogP contribution is 2.11. The Kier molecular flexibility index (Phi) is 3.18. The highest BCUT2D eigenvalue weighted by atomic mass is 16.5. The molecular weight excluding hydrogens is 148 g/mol. The van der Waals surface area contributed by atoms with Crippen LogP contribution in [0.5, 0.6) is 5.75 Å². The van der Waals surface area contributed by atoms with Gasteiger partial charge in [0.15, 0.2) is 0 Å². The minimum absolute atomic E-state index is 0.882. The van der Waals surface area contributed by atoms with Gasteiger partial charge in [0.2, 0.25) is 0 Å². The average Bonchev–Trinajstić information content (AvgIpc) is 2.15. The molecule has 12 heavy (non-hydrogen) atoms. The zero-order valence-corrected chi connectivity index (χ0v) is 7.37. The second-order valence-electron chi connectivity index (χ2n) is 2.37. The van der Waals surface area contributed by atoms with Crippen LogP contribution >= 0.6 is 0 Å². The highest BCUT2D eigenvalue weighted by molar-refractivity contribution is 5.49. The van der Waals surface area contributed by atoms with Crippen LogP contribution in [0, 0.1) is 0 Å². The first-order chi connectivity index (χ1) is 5.86. The lowest BCUT2D eigenvalue weighted by atomic mass is 10.2. The summed E-state index contributed by atoms with van der Waals surface area (Å²) in [7, 11) is 1.66. The van der Waals surface area contributed by atoms with E-state index in [0.29, 0.717) is 0 Å². The fourth-order valence-electron chi connectivity index (χ4n) is 0.880. The number of rotatable bonds is 2. The van der Waals surface area contributed by atoms with Crippen LogP contribution in [-0.2, 0) is 0 Å². The zero-order chi connectivity index (χ0) is 8.81. The summed E-state index contributed by atoms with van der Waals surface area (Å²) in [5, 5.41) is 0. The maximum absolute atomic E-state index is 5.03. The summed E-state index contributed by atoms with van der Waals surface area (Å²) in [5.41, 5.74) is 4.14. The summed E-state index contributed by atoms with van der Waals surface area (Å²) in [4.78, 5) is 0. The summed E-state index contributed by atoms with van der Waals surface area (Å²) in [5.74, 6) is 0.882. The lowest BCUT2D eigenvalue weighted by Gasteiger charge is -1.97. The molecule has 0 N–H and O–H groups in total. The number of allylic oxidation sites excluding steroid dienone is 1. The van der Waals surface area contributed by atoms with Crippen molar-refractivity contribution in [3.8, 4) is 5.75 Å². The van der Waals surface area contributed by atoms with Gasteiger partial charge in [-0.3, -0.25) is 0 Å². The van der Waals surface area contributed by atoms with Gasteiger partial charge in [-0.25, -0.2) is 0 Å². The molecule has 1 aromatic rings. The van der Waals surface area contributed by atoms with E-state index >= 15 is 0 Å². The Morgan fingerprint density at radius 1 is 1.25 bits per heavy atom. The SMILES string of the molecule is CC=C=Cc1ccc(OC)cc1. The summed E-state index contributed by atoms with van der Waals surface area (Å²) < 4.78 is 5.03. The third kappa shape index (κ3) is 2.30. The second-order valence-corrected chi connectivity index (χ2v) is 2.37. The van der Waals surface area contributed by atoms with Crippen molar-refractivity contribution >= 4 is 6.08 Å². The lowest BCUT2D eigenvalue weighted by Crippen LogP contribution is -1.80. The molecule has 1 heteroatoms. The third-order valence-electron chi connectivity index (χ3n) is 1.53. The summed E-state index contributed by atoms with van der Waals surface area (Å²) in [6, 6.07) is 7.86. The van der Waals surface area contributed by atoms with Crippen LogP contribution in [0.15, 0.2) is 36.1 Å². The van der Waals surface area contributed by atoms with Gasteiger partial charge in [-0.2, -0.15) is 0 Å². The van der Waals surface area contributed by atoms with E-state index in [9.17, 15) is 0 Å². The molecule has 0 heterocycles. The number of methoxy groups -OCH3 is 1. The molecule has 0 amide bonds. The predicted molar refractivity (Wildman–Crippen MR) is 51.2 cm³/mol. The van der Waals surface area contributed by atoms with E-state index in [0.717, 1.165) is 11.3 Å². The van der Waals surface area contributed by atoms with Gasteiger partial charge >= 0.3 is 0 Å². The largest absolute Gasteiger partial charge is 0.497 e. The third-order valence-corrected chi connectivity index (χ3v) is 1.53. The van der Waals surface area contributed by atoms with Gasteiger partial charge in [0.1, 0.15) is 5.75 Å². The van der Waals surface area contributed by atoms with Gasteiger partial charge < -0.3 is 4.74 Å². The molecule has 0 atom stereocenters. The molecule has 1 aromatic carbocycles. The monoisotopic (exact) mass is 160 g/mol. The minimum Gasteiger partial charge on any atom is -0.497 e. The minimum atomic E-state index is 0.882. The van der Waals surface area contributed by atoms with E-state index < -0.39 is 0 Å². The van der Waals surface area contributed by atoms with Gasteiger partial charge in [-0.1, -0.05) is 12.1 Å². The Bertz CT molecular complexity index is 289. The van der Waals surface area contributed by atoms with Crippen LogP contribution in [0.25, 0.3) is 6.08 Å². The van der Waals surface area contributed by atoms with Gasteiger partial charge in [-0.15, -0.1) is 5.73 Å². The maximum Gasteiger partial charge on any atom is 0.118 e. The van der Waals surface area contributed by atoms with Crippen molar-refractivity contribution in [1.29, 1.82) is 0 Å². The number of benzene rings is 1. The summed E-state index contributed by atoms with van der Waals surface area (Å²) >= 11 is 0. The fraction of sp³-hybridized carbons (Fsp3) is 0.182. The molecule has 0 aliphatic rings. The number of hydrogen-bond acceptors (Lipinski definition) is 1. The molecule has 0 bridgehead atoms. The molecule has 1 rings (SSSR count). The van der Waals surface area contributed by atoms with Crippen molar-refractivity contribution in [3.63, 3.8) is 0 Å². The predicted octanol–water partition coefficient (Wildman–Crippen LogP) is 2.88. The lowest BCUT2D eigenvalue weighted by molar-refractivity contribution is 0.415. The first-order valence-corrected chi connectivity index (χ1v) is 3.88. The van der Waals surface area contributed by atoms with Crippen LogP contribution in [0.3, 0.4) is 0 Å². The molecule has 0 aliphatic carbocycles. The molecule has 0 aliphatic heterocycles. The maximum atomic E-state index is 5.03. The van der Waals surface area contributed by atoms with E-state index in [1.807, 2.05) is 43.3 Å². The summed E-state index contributed by atoms with van der Waals surface area (Å²) in [6.07, 6.45) is 3.81. The first-order valence-electron chi connectivity index (χ1n) is 3.88. The summed E-state index contributed by atoms with van der Waals surface area (Å²) in [6.45, 7) is 1.94. The average molecular weight is 160 g/mol. The highest BCUT2D eigenvalue weighted by Gasteiger charge is 1.88. The van der Waals surface area contributed by atoms with Crippen molar-refractivity contribution in [1.82, 2.24) is 0 Å². The standard InChI is InChI=1S/C11H12O/c1-3-4-5-10-6-8-11(12-2)9-7-10/h3,5-9H,1-2H3. The van der Waals surface area contributed by atoms with E-state index in [4.69, 9.17) is 4.74 Å². The molecule has 0 unspecified atom stereocenters. The smallest absolute Gasteiger partial charge is 0.118 e. The van der Waals surface area contributed by atoms with E-state index in [-0.39, 0.29) is 0 Å². The van der Waals surface area contributed by atoms with Crippen LogP contribution in [0.1, 0.15) is 12.5 Å². The van der Waals surface area contributed by atoms with Crippen molar-refractivity contribution < 1.29 is 4.74 Å². The molecule has 1 nitrogen and oxygen atoms in total. The molecule has 0 fully saturated rings. The molecule has 0 saturated carbocycles. The normalized spacial score (nSPS) is 8.50. The molecule has 0 saturated heterocycles. The van der Waals surface area contributed by atoms with E-state index in [1.54, 1.807) is 7.11 Å². The van der Waals surface area contributed by atoms with Gasteiger partial charge in [0, 0.05) is 0 Å². The molecular formula is C11H12O. The second kappa shape index (κ2) is 4.42. The van der Waals surface area contributed by atoms with Crippen molar-refractivity contribution in [2.24, 2.45) is 0 Å². The van der Waals surface area contributed by atoms with E-state index in [2.05, 4.69) is 5.73 Å². The van der Waals surface area contributed by atoms with Crippen LogP contribution in [0.2, 0.25) is 0 Å². The quantitative estimate of drug-likeness (QED) is 0.604. The van der Waals surface area contributed by atoms with Crippen LogP contribution in [-0.4, -0.2) is 7.11 Å². The molecule has 0 spiro atoms. The molecule has 0 radical (unpaired) electrons. The van der Waals surface area contributed by atoms with Crippen molar-refractivity contribution in [2.75, 3.05) is 7.11 Å². The molecule has 0 aromatic heterocycles. The van der Waals surface area contributed by atoms with Crippen LogP contribution in [0.4, 0.5) is 0 Å². The Morgan fingerprint density at radius 2 is 1.92 bits per heavy atom. The Labute approximate surface area is 73.0 Å². The zero-order valence-electron chi connectivity index (χ0n) is 7.37.